The van der Waals surface area contributed by atoms with Crippen LogP contribution in [0, 0.1) is 5.82 Å². The fourth-order valence-electron chi connectivity index (χ4n) is 2.26. The summed E-state index contributed by atoms with van der Waals surface area (Å²) in [6, 6.07) is 10.0. The van der Waals surface area contributed by atoms with Crippen LogP contribution in [0.25, 0.3) is 0 Å². The first kappa shape index (κ1) is 15.6. The van der Waals surface area contributed by atoms with E-state index in [1.807, 2.05) is 25.2 Å². The Bertz CT molecular complexity index is 634. The number of hydrogen-bond acceptors (Lipinski definition) is 3. The van der Waals surface area contributed by atoms with Crippen molar-refractivity contribution in [2.24, 2.45) is 0 Å². The molecule has 0 aliphatic carbocycles. The van der Waals surface area contributed by atoms with Crippen molar-refractivity contribution < 1.29 is 13.9 Å². The van der Waals surface area contributed by atoms with Gasteiger partial charge in [0.05, 0.1) is 25.3 Å². The zero-order valence-electron chi connectivity index (χ0n) is 12.1. The fraction of sp³-hybridized carbons (Fsp3) is 0.250. The number of rotatable bonds is 5. The number of halogens is 2. The molecule has 0 aliphatic heterocycles. The predicted molar refractivity (Wildman–Crippen MR) is 81.9 cm³/mol. The van der Waals surface area contributed by atoms with Crippen LogP contribution in [0.1, 0.15) is 17.2 Å². The van der Waals surface area contributed by atoms with Crippen molar-refractivity contribution in [2.75, 3.05) is 21.3 Å². The molecule has 2 aromatic carbocycles. The number of benzene rings is 2. The molecule has 2 aromatic rings. The van der Waals surface area contributed by atoms with E-state index in [4.69, 9.17) is 21.1 Å². The first-order chi connectivity index (χ1) is 10.1. The third kappa shape index (κ3) is 3.28. The maximum atomic E-state index is 13.3. The van der Waals surface area contributed by atoms with E-state index in [2.05, 4.69) is 5.32 Å². The van der Waals surface area contributed by atoms with Gasteiger partial charge in [-0.2, -0.15) is 0 Å². The predicted octanol–water partition coefficient (Wildman–Crippen LogP) is 3.81. The Kier molecular flexibility index (Phi) is 5.04. The Morgan fingerprint density at radius 1 is 1.10 bits per heavy atom. The first-order valence-corrected chi connectivity index (χ1v) is 6.82. The Morgan fingerprint density at radius 3 is 2.43 bits per heavy atom. The van der Waals surface area contributed by atoms with Crippen LogP contribution in [-0.4, -0.2) is 21.3 Å². The van der Waals surface area contributed by atoms with E-state index >= 15 is 0 Å². The van der Waals surface area contributed by atoms with Gasteiger partial charge in [-0.05, 0) is 42.9 Å². The molecule has 0 saturated carbocycles. The van der Waals surface area contributed by atoms with Gasteiger partial charge in [-0.1, -0.05) is 17.7 Å². The van der Waals surface area contributed by atoms with E-state index in [9.17, 15) is 4.39 Å². The monoisotopic (exact) mass is 309 g/mol. The molecule has 0 spiro atoms. The molecule has 0 heterocycles. The average molecular weight is 310 g/mol. The van der Waals surface area contributed by atoms with E-state index in [0.29, 0.717) is 0 Å². The Hall–Kier alpha value is -1.78. The maximum Gasteiger partial charge on any atom is 0.141 e. The third-order valence-electron chi connectivity index (χ3n) is 3.31. The van der Waals surface area contributed by atoms with E-state index < -0.39 is 5.82 Å². The van der Waals surface area contributed by atoms with Crippen molar-refractivity contribution in [1.29, 1.82) is 0 Å². The van der Waals surface area contributed by atoms with Gasteiger partial charge in [0.15, 0.2) is 0 Å². The van der Waals surface area contributed by atoms with Crippen LogP contribution in [0.2, 0.25) is 5.02 Å². The lowest BCUT2D eigenvalue weighted by atomic mass is 9.97. The van der Waals surface area contributed by atoms with Crippen molar-refractivity contribution in [3.05, 3.63) is 58.4 Å². The van der Waals surface area contributed by atoms with Crippen LogP contribution in [0.4, 0.5) is 4.39 Å². The van der Waals surface area contributed by atoms with Gasteiger partial charge >= 0.3 is 0 Å². The molecule has 0 amide bonds. The van der Waals surface area contributed by atoms with E-state index in [-0.39, 0.29) is 11.1 Å². The van der Waals surface area contributed by atoms with Crippen LogP contribution in [0.3, 0.4) is 0 Å². The van der Waals surface area contributed by atoms with Crippen LogP contribution >= 0.6 is 11.6 Å². The molecule has 3 nitrogen and oxygen atoms in total. The minimum atomic E-state index is -0.437. The summed E-state index contributed by atoms with van der Waals surface area (Å²) in [6.45, 7) is 0. The summed E-state index contributed by atoms with van der Waals surface area (Å²) in [5, 5.41) is 3.28. The number of ether oxygens (including phenoxy) is 2. The minimum Gasteiger partial charge on any atom is -0.497 e. The minimum absolute atomic E-state index is 0.0922. The summed E-state index contributed by atoms with van der Waals surface area (Å²) in [7, 11) is 5.03. The molecule has 0 fully saturated rings. The summed E-state index contributed by atoms with van der Waals surface area (Å²) >= 11 is 5.88. The Morgan fingerprint density at radius 2 is 1.86 bits per heavy atom. The quantitative estimate of drug-likeness (QED) is 0.911. The molecule has 0 bridgehead atoms. The van der Waals surface area contributed by atoms with Gasteiger partial charge in [-0.15, -0.1) is 0 Å². The lowest BCUT2D eigenvalue weighted by Crippen LogP contribution is -2.18. The molecule has 1 N–H and O–H groups in total. The fourth-order valence-corrected chi connectivity index (χ4v) is 2.45. The Labute approximate surface area is 128 Å². The molecule has 0 saturated heterocycles. The van der Waals surface area contributed by atoms with E-state index in [1.165, 1.54) is 6.07 Å². The highest BCUT2D eigenvalue weighted by atomic mass is 35.5. The molecule has 1 unspecified atom stereocenters. The smallest absolute Gasteiger partial charge is 0.141 e. The van der Waals surface area contributed by atoms with Gasteiger partial charge < -0.3 is 14.8 Å². The van der Waals surface area contributed by atoms with Gasteiger partial charge in [-0.25, -0.2) is 4.39 Å². The molecule has 0 radical (unpaired) electrons. The van der Waals surface area contributed by atoms with E-state index in [1.54, 1.807) is 26.4 Å². The molecule has 21 heavy (non-hydrogen) atoms. The first-order valence-electron chi connectivity index (χ1n) is 6.44. The average Bonchev–Trinajstić information content (AvgIpc) is 2.51. The molecule has 0 aliphatic rings. The highest BCUT2D eigenvalue weighted by Crippen LogP contribution is 2.34. The van der Waals surface area contributed by atoms with Crippen LogP contribution in [0.15, 0.2) is 36.4 Å². The van der Waals surface area contributed by atoms with Crippen LogP contribution < -0.4 is 14.8 Å². The van der Waals surface area contributed by atoms with Gasteiger partial charge in [0.1, 0.15) is 17.3 Å². The van der Waals surface area contributed by atoms with Gasteiger partial charge in [0.2, 0.25) is 0 Å². The standard InChI is InChI=1S/C16H17ClFNO2/c1-19-16(10-4-6-14(18)13(17)8-10)12-9-11(20-2)5-7-15(12)21-3/h4-9,16,19H,1-3H3. The van der Waals surface area contributed by atoms with Gasteiger partial charge in [0, 0.05) is 5.56 Å². The number of methoxy groups -OCH3 is 2. The van der Waals surface area contributed by atoms with Crippen LogP contribution in [-0.2, 0) is 0 Å². The SMILES string of the molecule is CNC(c1ccc(F)c(Cl)c1)c1cc(OC)ccc1OC. The summed E-state index contributed by atoms with van der Waals surface area (Å²) < 4.78 is 24.0. The van der Waals surface area contributed by atoms with Gasteiger partial charge in [0.25, 0.3) is 0 Å². The summed E-state index contributed by atoms with van der Waals surface area (Å²) in [4.78, 5) is 0. The molecule has 112 valence electrons. The highest BCUT2D eigenvalue weighted by molar-refractivity contribution is 6.30. The lowest BCUT2D eigenvalue weighted by Gasteiger charge is -2.21. The number of hydrogen-bond donors (Lipinski definition) is 1. The van der Waals surface area contributed by atoms with Crippen molar-refractivity contribution >= 4 is 11.6 Å². The summed E-state index contributed by atoms with van der Waals surface area (Å²) in [5.41, 5.74) is 1.73. The van der Waals surface area contributed by atoms with Gasteiger partial charge in [-0.3, -0.25) is 0 Å². The summed E-state index contributed by atoms with van der Waals surface area (Å²) in [6.07, 6.45) is 0. The van der Waals surface area contributed by atoms with Crippen molar-refractivity contribution in [3.63, 3.8) is 0 Å². The molecule has 0 aromatic heterocycles. The third-order valence-corrected chi connectivity index (χ3v) is 3.60. The second-order valence-corrected chi connectivity index (χ2v) is 4.91. The second kappa shape index (κ2) is 6.78. The summed E-state index contributed by atoms with van der Waals surface area (Å²) in [5.74, 6) is 1.00. The van der Waals surface area contributed by atoms with Crippen LogP contribution in [0.5, 0.6) is 11.5 Å². The molecule has 5 heteroatoms. The lowest BCUT2D eigenvalue weighted by molar-refractivity contribution is 0.395. The van der Waals surface area contributed by atoms with E-state index in [0.717, 1.165) is 22.6 Å². The molecular weight excluding hydrogens is 293 g/mol. The zero-order chi connectivity index (χ0) is 15.4. The van der Waals surface area contributed by atoms with Crippen molar-refractivity contribution in [1.82, 2.24) is 5.32 Å². The maximum absolute atomic E-state index is 13.3. The Balaban J connectivity index is 2.51. The highest BCUT2D eigenvalue weighted by Gasteiger charge is 2.18. The topological polar surface area (TPSA) is 30.5 Å². The molecule has 2 rings (SSSR count). The second-order valence-electron chi connectivity index (χ2n) is 4.50. The molecule has 1 atom stereocenters. The zero-order valence-corrected chi connectivity index (χ0v) is 12.9. The van der Waals surface area contributed by atoms with Crippen molar-refractivity contribution in [2.45, 2.75) is 6.04 Å². The normalized spacial score (nSPS) is 12.0. The van der Waals surface area contributed by atoms with Crippen molar-refractivity contribution in [3.8, 4) is 11.5 Å². The molecular formula is C16H17ClFNO2. The number of nitrogens with one attached hydrogen (secondary N) is 1. The largest absolute Gasteiger partial charge is 0.497 e.